The molecule has 0 aliphatic carbocycles. The Balaban J connectivity index is 2.04. The molecule has 10 heteroatoms. The van der Waals surface area contributed by atoms with E-state index in [2.05, 4.69) is 57.0 Å². The van der Waals surface area contributed by atoms with Crippen LogP contribution in [0.3, 0.4) is 0 Å². The molecule has 3 heterocycles. The van der Waals surface area contributed by atoms with Gasteiger partial charge < -0.3 is 14.6 Å². The molecule has 0 aliphatic rings. The molecule has 0 aromatic carbocycles. The van der Waals surface area contributed by atoms with E-state index in [9.17, 15) is 4.79 Å². The first-order chi connectivity index (χ1) is 10.1. The number of aromatic nitrogens is 5. The van der Waals surface area contributed by atoms with Crippen molar-refractivity contribution in [3.63, 3.8) is 0 Å². The lowest BCUT2D eigenvalue weighted by Gasteiger charge is -1.97. The summed E-state index contributed by atoms with van der Waals surface area (Å²) in [5, 5.41) is 12.8. The van der Waals surface area contributed by atoms with Gasteiger partial charge >= 0.3 is 5.97 Å². The molecule has 0 aliphatic heterocycles. The minimum absolute atomic E-state index is 0.0246. The number of H-pyrrole nitrogens is 1. The van der Waals surface area contributed by atoms with Crippen LogP contribution < -0.4 is 0 Å². The van der Waals surface area contributed by atoms with Gasteiger partial charge in [0.1, 0.15) is 11.4 Å². The summed E-state index contributed by atoms with van der Waals surface area (Å²) in [6.45, 7) is 0. The largest absolute Gasteiger partial charge is 0.476 e. The third kappa shape index (κ3) is 2.59. The Morgan fingerprint density at radius 1 is 1.33 bits per heavy atom. The van der Waals surface area contributed by atoms with Crippen LogP contribution in [-0.4, -0.2) is 36.2 Å². The fourth-order valence-electron chi connectivity index (χ4n) is 1.62. The number of aromatic carboxylic acids is 1. The maximum Gasteiger partial charge on any atom is 0.356 e. The van der Waals surface area contributed by atoms with E-state index in [-0.39, 0.29) is 23.1 Å². The first kappa shape index (κ1) is 13.9. The summed E-state index contributed by atoms with van der Waals surface area (Å²) in [5.74, 6) is -0.930. The van der Waals surface area contributed by atoms with Crippen LogP contribution in [0.1, 0.15) is 10.5 Å². The highest BCUT2D eigenvalue weighted by atomic mass is 79.9. The zero-order chi connectivity index (χ0) is 15.0. The van der Waals surface area contributed by atoms with E-state index in [1.54, 1.807) is 12.3 Å². The zero-order valence-corrected chi connectivity index (χ0v) is 13.2. The minimum atomic E-state index is -1.19. The van der Waals surface area contributed by atoms with Gasteiger partial charge in [-0.05, 0) is 37.9 Å². The molecule has 3 aromatic rings. The first-order valence-corrected chi connectivity index (χ1v) is 7.07. The summed E-state index contributed by atoms with van der Waals surface area (Å²) < 4.78 is 6.54. The van der Waals surface area contributed by atoms with Gasteiger partial charge in [-0.1, -0.05) is 5.16 Å². The number of imidazole rings is 1. The maximum absolute atomic E-state index is 11.0. The van der Waals surface area contributed by atoms with Crippen molar-refractivity contribution in [2.75, 3.05) is 0 Å². The molecule has 0 spiro atoms. The second kappa shape index (κ2) is 5.37. The summed E-state index contributed by atoms with van der Waals surface area (Å²) in [6.07, 6.45) is 2.84. The number of pyridine rings is 1. The third-order valence-corrected chi connectivity index (χ3v) is 3.54. The van der Waals surface area contributed by atoms with Gasteiger partial charge in [0.2, 0.25) is 5.82 Å². The molecule has 0 radical (unpaired) electrons. The summed E-state index contributed by atoms with van der Waals surface area (Å²) in [6, 6.07) is 1.79. The molecule has 3 aromatic heterocycles. The highest BCUT2D eigenvalue weighted by Gasteiger charge is 2.21. The van der Waals surface area contributed by atoms with Crippen LogP contribution in [0.4, 0.5) is 0 Å². The number of hydrogen-bond donors (Lipinski definition) is 2. The molecule has 2 N–H and O–H groups in total. The SMILES string of the molecule is O=C(O)c1nc[nH]c1-c1nc(-c2ncc(Br)cc2Br)no1. The van der Waals surface area contributed by atoms with Crippen LogP contribution in [0.5, 0.6) is 0 Å². The van der Waals surface area contributed by atoms with E-state index in [1.807, 2.05) is 0 Å². The Morgan fingerprint density at radius 2 is 2.14 bits per heavy atom. The number of carbonyl (C=O) groups is 1. The number of rotatable bonds is 3. The quantitative estimate of drug-likeness (QED) is 0.676. The average molecular weight is 415 g/mol. The lowest BCUT2D eigenvalue weighted by atomic mass is 10.3. The van der Waals surface area contributed by atoms with Crippen molar-refractivity contribution in [2.24, 2.45) is 0 Å². The minimum Gasteiger partial charge on any atom is -0.476 e. The van der Waals surface area contributed by atoms with Gasteiger partial charge in [0.05, 0.1) is 6.33 Å². The van der Waals surface area contributed by atoms with Crippen LogP contribution in [0.15, 0.2) is 32.1 Å². The lowest BCUT2D eigenvalue weighted by Crippen LogP contribution is -1.99. The Kier molecular flexibility index (Phi) is 3.55. The predicted molar refractivity (Wildman–Crippen MR) is 77.5 cm³/mol. The summed E-state index contributed by atoms with van der Waals surface area (Å²) in [4.78, 5) is 25.7. The van der Waals surface area contributed by atoms with Gasteiger partial charge in [-0.2, -0.15) is 4.98 Å². The first-order valence-electron chi connectivity index (χ1n) is 5.48. The van der Waals surface area contributed by atoms with Crippen molar-refractivity contribution >= 4 is 37.8 Å². The lowest BCUT2D eigenvalue weighted by molar-refractivity contribution is 0.0691. The second-order valence-electron chi connectivity index (χ2n) is 3.84. The molecule has 106 valence electrons. The van der Waals surface area contributed by atoms with Gasteiger partial charge in [-0.15, -0.1) is 0 Å². The summed E-state index contributed by atoms with van der Waals surface area (Å²) in [5.41, 5.74) is 0.437. The van der Waals surface area contributed by atoms with Crippen LogP contribution in [0.2, 0.25) is 0 Å². The molecule has 3 rings (SSSR count). The highest BCUT2D eigenvalue weighted by Crippen LogP contribution is 2.28. The van der Waals surface area contributed by atoms with Gasteiger partial charge in [0.25, 0.3) is 5.89 Å². The monoisotopic (exact) mass is 413 g/mol. The van der Waals surface area contributed by atoms with Crippen molar-refractivity contribution in [2.45, 2.75) is 0 Å². The van der Waals surface area contributed by atoms with Crippen LogP contribution >= 0.6 is 31.9 Å². The molecule has 0 bridgehead atoms. The maximum atomic E-state index is 11.0. The normalized spacial score (nSPS) is 10.8. The number of hydrogen-bond acceptors (Lipinski definition) is 6. The van der Waals surface area contributed by atoms with Gasteiger partial charge in [-0.3, -0.25) is 4.98 Å². The van der Waals surface area contributed by atoms with Crippen LogP contribution in [0.25, 0.3) is 23.1 Å². The fraction of sp³-hybridized carbons (Fsp3) is 0. The van der Waals surface area contributed by atoms with E-state index in [1.165, 1.54) is 6.33 Å². The second-order valence-corrected chi connectivity index (χ2v) is 5.61. The average Bonchev–Trinajstić information content (AvgIpc) is 3.06. The van der Waals surface area contributed by atoms with Crippen molar-refractivity contribution in [3.05, 3.63) is 33.2 Å². The molecule has 21 heavy (non-hydrogen) atoms. The van der Waals surface area contributed by atoms with E-state index in [4.69, 9.17) is 9.63 Å². The Morgan fingerprint density at radius 3 is 2.86 bits per heavy atom. The number of carboxylic acids is 1. The van der Waals surface area contributed by atoms with Crippen molar-refractivity contribution < 1.29 is 14.4 Å². The Hall–Kier alpha value is -2.07. The van der Waals surface area contributed by atoms with Crippen molar-refractivity contribution in [1.82, 2.24) is 25.1 Å². The van der Waals surface area contributed by atoms with Gasteiger partial charge in [0.15, 0.2) is 5.69 Å². The van der Waals surface area contributed by atoms with Crippen molar-refractivity contribution in [1.29, 1.82) is 0 Å². The summed E-state index contributed by atoms with van der Waals surface area (Å²) in [7, 11) is 0. The number of nitrogens with one attached hydrogen (secondary N) is 1. The highest BCUT2D eigenvalue weighted by molar-refractivity contribution is 9.11. The Bertz CT molecular complexity index is 829. The molecule has 0 unspecified atom stereocenters. The summed E-state index contributed by atoms with van der Waals surface area (Å²) >= 11 is 6.65. The van der Waals surface area contributed by atoms with Crippen molar-refractivity contribution in [3.8, 4) is 23.1 Å². The molecule has 0 atom stereocenters. The Labute approximate surface area is 133 Å². The van der Waals surface area contributed by atoms with E-state index >= 15 is 0 Å². The van der Waals surface area contributed by atoms with E-state index < -0.39 is 5.97 Å². The standard InChI is InChI=1S/C11H5Br2N5O3/c12-4-1-5(13)6(14-2-4)9-17-10(21-18-9)7-8(11(19)20)16-3-15-7/h1-3H,(H,15,16)(H,19,20). The van der Waals surface area contributed by atoms with Gasteiger partial charge in [-0.25, -0.2) is 9.78 Å². The molecule has 0 fully saturated rings. The topological polar surface area (TPSA) is 118 Å². The molecule has 8 nitrogen and oxygen atoms in total. The van der Waals surface area contributed by atoms with E-state index in [0.29, 0.717) is 10.2 Å². The molecule has 0 saturated heterocycles. The molecular formula is C11H5Br2N5O3. The smallest absolute Gasteiger partial charge is 0.356 e. The molecule has 0 amide bonds. The van der Waals surface area contributed by atoms with Gasteiger partial charge in [0, 0.05) is 15.1 Å². The number of aromatic amines is 1. The number of halogens is 2. The molecular weight excluding hydrogens is 410 g/mol. The van der Waals surface area contributed by atoms with Crippen LogP contribution in [-0.2, 0) is 0 Å². The predicted octanol–water partition coefficient (Wildman–Crippen LogP) is 2.74. The van der Waals surface area contributed by atoms with E-state index in [0.717, 1.165) is 4.47 Å². The third-order valence-electron chi connectivity index (χ3n) is 2.50. The zero-order valence-electron chi connectivity index (χ0n) is 10.0. The van der Waals surface area contributed by atoms with Crippen LogP contribution in [0, 0.1) is 0 Å². The number of carboxylic acid groups (broad SMARTS) is 1. The fourth-order valence-corrected chi connectivity index (χ4v) is 2.78. The number of nitrogens with zero attached hydrogens (tertiary/aromatic N) is 4. The molecule has 0 saturated carbocycles.